The van der Waals surface area contributed by atoms with Gasteiger partial charge in [0.05, 0.1) is 0 Å². The van der Waals surface area contributed by atoms with E-state index in [0.29, 0.717) is 0 Å². The molecule has 3 aromatic carbocycles. The zero-order chi connectivity index (χ0) is 22.8. The summed E-state index contributed by atoms with van der Waals surface area (Å²) in [5.74, 6) is 0. The van der Waals surface area contributed by atoms with Crippen LogP contribution in [0.4, 0.5) is 0 Å². The summed E-state index contributed by atoms with van der Waals surface area (Å²) >= 11 is 0. The van der Waals surface area contributed by atoms with Crippen molar-refractivity contribution < 1.29 is 4.57 Å². The molecule has 0 saturated carbocycles. The van der Waals surface area contributed by atoms with E-state index < -0.39 is 15.1 Å². The smallest absolute Gasteiger partial charge is 0.118 e. The molecule has 0 fully saturated rings. The van der Waals surface area contributed by atoms with Gasteiger partial charge in [0, 0.05) is 10.5 Å². The molecular weight excluding hydrogens is 426 g/mol. The van der Waals surface area contributed by atoms with Crippen molar-refractivity contribution in [3.05, 3.63) is 114 Å². The maximum absolute atomic E-state index is 13.6. The molecule has 3 aromatic rings. The Morgan fingerprint density at radius 2 is 1.16 bits per heavy atom. The number of rotatable bonds is 6. The summed E-state index contributed by atoms with van der Waals surface area (Å²) in [5, 5.41) is 5.01. The largest absolute Gasteiger partial charge is 0.321 e. The maximum atomic E-state index is 13.6. The van der Waals surface area contributed by atoms with E-state index in [0.717, 1.165) is 11.7 Å². The zero-order valence-electron chi connectivity index (χ0n) is 19.5. The number of allylic oxidation sites excluding steroid dienone is 4. The summed E-state index contributed by atoms with van der Waals surface area (Å²) in [5.41, 5.74) is 1.60. The van der Waals surface area contributed by atoms with Crippen LogP contribution in [0, 0.1) is 0 Å². The van der Waals surface area contributed by atoms with Crippen molar-refractivity contribution in [2.75, 3.05) is 0 Å². The van der Waals surface area contributed by atoms with Crippen molar-refractivity contribution in [3.63, 3.8) is 0 Å². The van der Waals surface area contributed by atoms with E-state index in [-0.39, 0.29) is 10.8 Å². The number of hydrogen-bond donors (Lipinski definition) is 0. The average Bonchev–Trinajstić information content (AvgIpc) is 3.30. The molecule has 3 heteroatoms. The lowest BCUT2D eigenvalue weighted by molar-refractivity contribution is 0.570. The van der Waals surface area contributed by atoms with Gasteiger partial charge in [-0.15, -0.1) is 0 Å². The monoisotopic (exact) mass is 459 g/mol. The molecule has 32 heavy (non-hydrogen) atoms. The van der Waals surface area contributed by atoms with Gasteiger partial charge < -0.3 is 4.57 Å². The summed E-state index contributed by atoms with van der Waals surface area (Å²) in [6.07, 6.45) is 5.25. The second kappa shape index (κ2) is 9.35. The van der Waals surface area contributed by atoms with Crippen molar-refractivity contribution in [3.8, 4) is 0 Å². The molecule has 0 saturated heterocycles. The third-order valence-corrected chi connectivity index (χ3v) is 13.6. The molecule has 0 heterocycles. The highest BCUT2D eigenvalue weighted by atomic mass is 31.2. The fourth-order valence-electron chi connectivity index (χ4n) is 4.88. The van der Waals surface area contributed by atoms with Crippen LogP contribution in [0.3, 0.4) is 0 Å². The van der Waals surface area contributed by atoms with E-state index in [1.165, 1.54) is 21.5 Å². The molecule has 1 nitrogen and oxygen atoms in total. The summed E-state index contributed by atoms with van der Waals surface area (Å²) in [6.45, 7) is 8.68. The molecule has 0 radical (unpaired) electrons. The van der Waals surface area contributed by atoms with Crippen LogP contribution in [0.15, 0.2) is 114 Å². The van der Waals surface area contributed by atoms with E-state index >= 15 is 0 Å². The number of benzene rings is 3. The van der Waals surface area contributed by atoms with Gasteiger partial charge in [0.2, 0.25) is 0 Å². The van der Waals surface area contributed by atoms with Crippen molar-refractivity contribution in [1.29, 1.82) is 0 Å². The zero-order valence-corrected chi connectivity index (χ0v) is 21.3. The molecule has 164 valence electrons. The Labute approximate surface area is 194 Å². The van der Waals surface area contributed by atoms with Gasteiger partial charge in [0.25, 0.3) is 0 Å². The Morgan fingerprint density at radius 3 is 1.53 bits per heavy atom. The number of hydrogen-bond acceptors (Lipinski definition) is 1. The van der Waals surface area contributed by atoms with Gasteiger partial charge >= 0.3 is 0 Å². The van der Waals surface area contributed by atoms with E-state index in [9.17, 15) is 4.57 Å². The first-order valence-electron chi connectivity index (χ1n) is 11.4. The van der Waals surface area contributed by atoms with Gasteiger partial charge in [-0.3, -0.25) is 0 Å². The molecule has 0 spiro atoms. The lowest BCUT2D eigenvalue weighted by atomic mass is 10.2. The molecule has 0 N–H and O–H groups in total. The van der Waals surface area contributed by atoms with Crippen LogP contribution in [0.2, 0.25) is 0 Å². The van der Waals surface area contributed by atoms with Crippen molar-refractivity contribution in [2.24, 2.45) is 0 Å². The predicted octanol–water partition coefficient (Wildman–Crippen LogP) is 6.94. The minimum atomic E-state index is -2.04. The Hall–Kier alpha value is -2.20. The van der Waals surface area contributed by atoms with Gasteiger partial charge in [-0.1, -0.05) is 87.5 Å². The summed E-state index contributed by atoms with van der Waals surface area (Å²) in [6, 6.07) is 33.0. The molecule has 0 aliphatic heterocycles. The lowest BCUT2D eigenvalue weighted by Gasteiger charge is -2.34. The van der Waals surface area contributed by atoms with Crippen LogP contribution in [-0.4, -0.2) is 10.8 Å². The molecule has 0 amide bonds. The van der Waals surface area contributed by atoms with Crippen molar-refractivity contribution in [1.82, 2.24) is 0 Å². The highest BCUT2D eigenvalue weighted by molar-refractivity contribution is 7.96. The Kier molecular flexibility index (Phi) is 6.71. The minimum Gasteiger partial charge on any atom is -0.321 e. The molecule has 2 atom stereocenters. The average molecular weight is 460 g/mol. The van der Waals surface area contributed by atoms with Crippen molar-refractivity contribution in [2.45, 2.75) is 44.9 Å². The van der Waals surface area contributed by atoms with Crippen LogP contribution in [-0.2, 0) is 4.57 Å². The summed E-state index contributed by atoms with van der Waals surface area (Å²) < 4.78 is 13.6. The molecule has 1 aliphatic carbocycles. The SMILES string of the molecule is C[C@H](C1=C([P@H](=O)C(C)(C)C)C=CC1)[P+](c1ccccc1)(c1ccccc1)c1ccccc1. The summed E-state index contributed by atoms with van der Waals surface area (Å²) in [4.78, 5) is 0. The molecule has 0 unspecified atom stereocenters. The second-order valence-corrected chi connectivity index (χ2v) is 16.0. The van der Waals surface area contributed by atoms with Crippen LogP contribution in [0.5, 0.6) is 0 Å². The Balaban J connectivity index is 2.03. The van der Waals surface area contributed by atoms with Gasteiger partial charge in [-0.2, -0.15) is 0 Å². The molecule has 4 rings (SSSR count). The highest BCUT2D eigenvalue weighted by Crippen LogP contribution is 2.64. The van der Waals surface area contributed by atoms with Gasteiger partial charge in [0.15, 0.2) is 0 Å². The fourth-order valence-corrected chi connectivity index (χ4v) is 11.6. The fraction of sp³-hybridized carbons (Fsp3) is 0.241. The Bertz CT molecular complexity index is 1040. The van der Waals surface area contributed by atoms with E-state index in [2.05, 4.69) is 131 Å². The van der Waals surface area contributed by atoms with Gasteiger partial charge in [-0.25, -0.2) is 0 Å². The first-order valence-corrected chi connectivity index (χ1v) is 14.6. The normalized spacial score (nSPS) is 16.2. The van der Waals surface area contributed by atoms with Crippen LogP contribution in [0.1, 0.15) is 34.1 Å². The predicted molar refractivity (Wildman–Crippen MR) is 144 cm³/mol. The molecular formula is C29H33OP2+. The van der Waals surface area contributed by atoms with Gasteiger partial charge in [0.1, 0.15) is 36.6 Å². The van der Waals surface area contributed by atoms with E-state index in [1.807, 2.05) is 0 Å². The van der Waals surface area contributed by atoms with Crippen molar-refractivity contribution >= 4 is 31.0 Å². The van der Waals surface area contributed by atoms with E-state index in [1.54, 1.807) is 0 Å². The standard InChI is InChI=1S/C29H33OP2/c1-23(27-21-14-22-28(27)31(30)29(2,3)4)32(24-15-8-5-9-16-24,25-17-10-6-11-18-25)26-19-12-7-13-20-26/h5-20,22-23,31H,21H2,1-4H3/q+1/t23-/m1/s1. The van der Waals surface area contributed by atoms with Gasteiger partial charge in [-0.05, 0) is 55.3 Å². The first-order chi connectivity index (χ1) is 15.4. The quantitative estimate of drug-likeness (QED) is 0.365. The maximum Gasteiger partial charge on any atom is 0.118 e. The highest BCUT2D eigenvalue weighted by Gasteiger charge is 2.52. The second-order valence-electron chi connectivity index (χ2n) is 9.53. The van der Waals surface area contributed by atoms with Crippen LogP contribution >= 0.6 is 15.1 Å². The third-order valence-electron chi connectivity index (χ3n) is 6.47. The van der Waals surface area contributed by atoms with Crippen LogP contribution in [0.25, 0.3) is 0 Å². The molecule has 1 aliphatic rings. The van der Waals surface area contributed by atoms with Crippen LogP contribution < -0.4 is 15.9 Å². The Morgan fingerprint density at radius 1 is 0.750 bits per heavy atom. The third kappa shape index (κ3) is 4.10. The minimum absolute atomic E-state index is 0.215. The van der Waals surface area contributed by atoms with E-state index in [4.69, 9.17) is 0 Å². The topological polar surface area (TPSA) is 17.1 Å². The first kappa shape index (κ1) is 23.0. The molecule has 0 aromatic heterocycles. The lowest BCUT2D eigenvalue weighted by Crippen LogP contribution is -2.38. The molecule has 0 bridgehead atoms. The summed E-state index contributed by atoms with van der Waals surface area (Å²) in [7, 11) is -3.96.